The number of para-hydroxylation sites is 5. The van der Waals surface area contributed by atoms with Gasteiger partial charge in [-0.3, -0.25) is 0 Å². The largest absolute Gasteiger partial charge is 0.458 e. The van der Waals surface area contributed by atoms with Crippen LogP contribution in [0, 0.1) is 0 Å². The quantitative estimate of drug-likeness (QED) is 0.173. The van der Waals surface area contributed by atoms with E-state index in [4.69, 9.17) is 4.74 Å². The summed E-state index contributed by atoms with van der Waals surface area (Å²) < 4.78 is 9.53. The highest BCUT2D eigenvalue weighted by atomic mass is 16.5. The zero-order valence-electron chi connectivity index (χ0n) is 29.1. The second kappa shape index (κ2) is 10.4. The lowest BCUT2D eigenvalue weighted by Crippen LogP contribution is -2.64. The molecule has 6 heteroatoms. The fourth-order valence-electron chi connectivity index (χ4n) is 10.2. The van der Waals surface area contributed by atoms with Gasteiger partial charge in [0.15, 0.2) is 0 Å². The number of aromatic nitrogens is 1. The van der Waals surface area contributed by atoms with E-state index in [1.807, 2.05) is 0 Å². The van der Waals surface area contributed by atoms with Gasteiger partial charge in [0.25, 0.3) is 13.4 Å². The Labute approximate surface area is 313 Å². The Bertz CT molecular complexity index is 3070. The minimum atomic E-state index is 0.0206. The van der Waals surface area contributed by atoms with Gasteiger partial charge in [0.2, 0.25) is 0 Å². The van der Waals surface area contributed by atoms with Crippen LogP contribution >= 0.6 is 0 Å². The first kappa shape index (κ1) is 28.6. The van der Waals surface area contributed by atoms with Crippen LogP contribution in [0.25, 0.3) is 27.5 Å². The highest BCUT2D eigenvalue weighted by Crippen LogP contribution is 2.45. The number of rotatable bonds is 2. The van der Waals surface area contributed by atoms with E-state index in [0.717, 1.165) is 28.6 Å². The number of benzene rings is 8. The van der Waals surface area contributed by atoms with Crippen molar-refractivity contribution in [2.45, 2.75) is 0 Å². The molecule has 0 spiro atoms. The SMILES string of the molecule is c1ccc(N2c3ccccc3B3c4cc5c(cc4N(c4ccccc4)c4cccc2c43)Oc2cccc3c2B5c2cccc4c5ccccc5n-3c24)cc1. The van der Waals surface area contributed by atoms with Crippen LogP contribution in [0.4, 0.5) is 34.1 Å². The maximum atomic E-state index is 7.06. The molecule has 0 radical (unpaired) electrons. The summed E-state index contributed by atoms with van der Waals surface area (Å²) in [5.74, 6) is 1.84. The summed E-state index contributed by atoms with van der Waals surface area (Å²) in [6, 6.07) is 64.5. The van der Waals surface area contributed by atoms with Crippen LogP contribution < -0.4 is 47.3 Å². The van der Waals surface area contributed by atoms with Crippen molar-refractivity contribution in [2.24, 2.45) is 0 Å². The molecule has 1 aromatic heterocycles. The van der Waals surface area contributed by atoms with E-state index in [-0.39, 0.29) is 13.4 Å². The van der Waals surface area contributed by atoms with Crippen molar-refractivity contribution in [1.82, 2.24) is 4.57 Å². The molecule has 248 valence electrons. The van der Waals surface area contributed by atoms with Gasteiger partial charge >= 0.3 is 0 Å². The van der Waals surface area contributed by atoms with E-state index in [0.29, 0.717) is 0 Å². The van der Waals surface area contributed by atoms with Crippen LogP contribution in [0.3, 0.4) is 0 Å². The standard InChI is InChI=1S/C48H29B2N3O/c1-3-14-30(15-4-1)51-39-23-10-8-20-34(39)49-36-28-37-45(29-43(36)52(31-16-5-2-6-17-31)41-25-12-24-40(51)46(41)49)54-44-27-13-26-42-47(44)50(37)35-21-11-19-33-32-18-7-9-22-38(32)53(42)48(33)35/h1-29H. The minimum absolute atomic E-state index is 0.0206. The first-order valence-corrected chi connectivity index (χ1v) is 18.8. The van der Waals surface area contributed by atoms with Crippen LogP contribution in [-0.2, 0) is 0 Å². The number of fused-ring (bicyclic) bond motifs is 11. The molecule has 4 aliphatic rings. The van der Waals surface area contributed by atoms with Crippen molar-refractivity contribution >= 4 is 102 Å². The van der Waals surface area contributed by atoms with Crippen molar-refractivity contribution in [2.75, 3.05) is 9.80 Å². The summed E-state index contributed by atoms with van der Waals surface area (Å²) in [7, 11) is 0. The first-order chi connectivity index (χ1) is 26.8. The molecule has 0 saturated carbocycles. The van der Waals surface area contributed by atoms with Gasteiger partial charge in [-0.25, -0.2) is 0 Å². The van der Waals surface area contributed by atoms with Crippen molar-refractivity contribution in [1.29, 1.82) is 0 Å². The molecule has 0 fully saturated rings. The summed E-state index contributed by atoms with van der Waals surface area (Å²) >= 11 is 0. The molecular formula is C48H29B2N3O. The normalized spacial score (nSPS) is 13.9. The minimum Gasteiger partial charge on any atom is -0.458 e. The fraction of sp³-hybridized carbons (Fsp3) is 0. The lowest BCUT2D eigenvalue weighted by Gasteiger charge is -2.44. The monoisotopic (exact) mass is 685 g/mol. The molecule has 0 amide bonds. The van der Waals surface area contributed by atoms with E-state index in [9.17, 15) is 0 Å². The highest BCUT2D eigenvalue weighted by molar-refractivity contribution is 7.02. The number of hydrogen-bond acceptors (Lipinski definition) is 3. The Morgan fingerprint density at radius 3 is 1.78 bits per heavy atom. The van der Waals surface area contributed by atoms with Crippen LogP contribution in [0.15, 0.2) is 176 Å². The van der Waals surface area contributed by atoms with Crippen LogP contribution in [0.2, 0.25) is 0 Å². The second-order valence-corrected chi connectivity index (χ2v) is 14.8. The van der Waals surface area contributed by atoms with E-state index in [1.54, 1.807) is 0 Å². The van der Waals surface area contributed by atoms with Gasteiger partial charge < -0.3 is 19.1 Å². The average molecular weight is 685 g/mol. The highest BCUT2D eigenvalue weighted by Gasteiger charge is 2.46. The van der Waals surface area contributed by atoms with Crippen molar-refractivity contribution in [3.05, 3.63) is 176 Å². The Hall–Kier alpha value is -6.91. The Morgan fingerprint density at radius 2 is 0.963 bits per heavy atom. The van der Waals surface area contributed by atoms with Gasteiger partial charge in [0.1, 0.15) is 11.5 Å². The Kier molecular flexibility index (Phi) is 5.50. The molecule has 54 heavy (non-hydrogen) atoms. The van der Waals surface area contributed by atoms with Gasteiger partial charge in [-0.15, -0.1) is 0 Å². The lowest BCUT2D eigenvalue weighted by atomic mass is 9.30. The summed E-state index contributed by atoms with van der Waals surface area (Å²) in [5, 5.41) is 2.57. The zero-order chi connectivity index (χ0) is 35.1. The van der Waals surface area contributed by atoms with Crippen LogP contribution in [0.5, 0.6) is 11.5 Å². The Morgan fingerprint density at radius 1 is 0.370 bits per heavy atom. The molecule has 0 atom stereocenters. The lowest BCUT2D eigenvalue weighted by molar-refractivity contribution is 0.487. The van der Waals surface area contributed by atoms with Gasteiger partial charge in [-0.05, 0) is 93.4 Å². The van der Waals surface area contributed by atoms with Crippen molar-refractivity contribution in [3.8, 4) is 17.2 Å². The second-order valence-electron chi connectivity index (χ2n) is 14.8. The molecule has 0 N–H and O–H groups in total. The molecule has 8 aromatic carbocycles. The molecule has 4 aliphatic heterocycles. The van der Waals surface area contributed by atoms with E-state index >= 15 is 0 Å². The first-order valence-electron chi connectivity index (χ1n) is 18.8. The predicted octanol–water partition coefficient (Wildman–Crippen LogP) is 7.80. The third-order valence-electron chi connectivity index (χ3n) is 12.2. The maximum absolute atomic E-state index is 7.06. The average Bonchev–Trinajstić information content (AvgIpc) is 3.57. The molecule has 0 bridgehead atoms. The maximum Gasteiger partial charge on any atom is 0.256 e. The molecule has 0 saturated heterocycles. The van der Waals surface area contributed by atoms with Gasteiger partial charge in [0, 0.05) is 62.2 Å². The van der Waals surface area contributed by atoms with Crippen LogP contribution in [0.1, 0.15) is 0 Å². The molecule has 0 unspecified atom stereocenters. The zero-order valence-corrected chi connectivity index (χ0v) is 29.1. The summed E-state index contributed by atoms with van der Waals surface area (Å²) in [4.78, 5) is 4.90. The third-order valence-corrected chi connectivity index (χ3v) is 12.2. The fourth-order valence-corrected chi connectivity index (χ4v) is 10.2. The number of nitrogens with zero attached hydrogens (tertiary/aromatic N) is 3. The third kappa shape index (κ3) is 3.55. The molecular weight excluding hydrogens is 656 g/mol. The Balaban J connectivity index is 1.13. The number of hydrogen-bond donors (Lipinski definition) is 0. The van der Waals surface area contributed by atoms with Gasteiger partial charge in [-0.2, -0.15) is 0 Å². The number of anilines is 6. The van der Waals surface area contributed by atoms with E-state index in [1.165, 1.54) is 77.3 Å². The van der Waals surface area contributed by atoms with Gasteiger partial charge in [-0.1, -0.05) is 109 Å². The molecule has 5 heterocycles. The van der Waals surface area contributed by atoms with Crippen LogP contribution in [-0.4, -0.2) is 18.0 Å². The summed E-state index contributed by atoms with van der Waals surface area (Å²) in [5.41, 5.74) is 18.5. The summed E-state index contributed by atoms with van der Waals surface area (Å²) in [6.07, 6.45) is 0. The smallest absolute Gasteiger partial charge is 0.256 e. The molecule has 13 rings (SSSR count). The van der Waals surface area contributed by atoms with E-state index in [2.05, 4.69) is 190 Å². The topological polar surface area (TPSA) is 20.6 Å². The predicted molar refractivity (Wildman–Crippen MR) is 226 cm³/mol. The summed E-state index contributed by atoms with van der Waals surface area (Å²) in [6.45, 7) is 0.0438. The molecule has 0 aliphatic carbocycles. The number of ether oxygens (including phenoxy) is 1. The molecule has 9 aromatic rings. The molecule has 4 nitrogen and oxygen atoms in total. The van der Waals surface area contributed by atoms with Crippen molar-refractivity contribution < 1.29 is 4.74 Å². The van der Waals surface area contributed by atoms with Crippen molar-refractivity contribution in [3.63, 3.8) is 0 Å². The van der Waals surface area contributed by atoms with Gasteiger partial charge in [0.05, 0.1) is 5.52 Å². The van der Waals surface area contributed by atoms with E-state index < -0.39 is 0 Å².